The van der Waals surface area contributed by atoms with Crippen molar-refractivity contribution in [2.24, 2.45) is 0 Å². The normalized spacial score (nSPS) is 17.4. The molecule has 0 saturated carbocycles. The van der Waals surface area contributed by atoms with E-state index in [1.54, 1.807) is 12.3 Å². The Morgan fingerprint density at radius 1 is 1.30 bits per heavy atom. The summed E-state index contributed by atoms with van der Waals surface area (Å²) in [7, 11) is 0. The van der Waals surface area contributed by atoms with Crippen LogP contribution in [0.25, 0.3) is 0 Å². The van der Waals surface area contributed by atoms with Gasteiger partial charge >= 0.3 is 0 Å². The number of rotatable bonds is 3. The number of aromatic nitrogens is 3. The molecule has 0 atom stereocenters. The molecule has 3 rings (SSSR count). The van der Waals surface area contributed by atoms with Gasteiger partial charge in [-0.3, -0.25) is 14.6 Å². The van der Waals surface area contributed by atoms with Crippen molar-refractivity contribution in [1.82, 2.24) is 19.7 Å². The maximum Gasteiger partial charge on any atom is 0.145 e. The molecule has 2 aromatic heterocycles. The van der Waals surface area contributed by atoms with Gasteiger partial charge in [0, 0.05) is 32.0 Å². The maximum atomic E-state index is 13.1. The number of halogens is 1. The Hall–Kier alpha value is -1.95. The Morgan fingerprint density at radius 3 is 2.75 bits per heavy atom. The van der Waals surface area contributed by atoms with Crippen molar-refractivity contribution in [3.8, 4) is 0 Å². The topological polar surface area (TPSA) is 60.0 Å². The predicted octanol–water partition coefficient (Wildman–Crippen LogP) is 1.84. The molecule has 2 N–H and O–H groups in total. The average Bonchev–Trinajstić information content (AvgIpc) is 2.86. The molecular weight excluding hydrogens is 257 g/mol. The van der Waals surface area contributed by atoms with E-state index in [1.807, 2.05) is 16.9 Å². The fourth-order valence-corrected chi connectivity index (χ4v) is 2.70. The molecule has 0 amide bonds. The van der Waals surface area contributed by atoms with Crippen molar-refractivity contribution in [3.63, 3.8) is 0 Å². The number of piperidine rings is 1. The van der Waals surface area contributed by atoms with E-state index in [9.17, 15) is 4.39 Å². The molecule has 0 radical (unpaired) electrons. The van der Waals surface area contributed by atoms with Gasteiger partial charge in [0.1, 0.15) is 11.6 Å². The first-order chi connectivity index (χ1) is 9.70. The van der Waals surface area contributed by atoms with Crippen molar-refractivity contribution in [1.29, 1.82) is 0 Å². The van der Waals surface area contributed by atoms with Crippen LogP contribution in [0.4, 0.5) is 10.2 Å². The summed E-state index contributed by atoms with van der Waals surface area (Å²) in [6.07, 6.45) is 6.96. The number of likely N-dealkylation sites (tertiary alicyclic amines) is 1. The fraction of sp³-hybridized carbons (Fsp3) is 0.429. The first-order valence-electron chi connectivity index (χ1n) is 6.83. The molecule has 0 spiro atoms. The molecule has 0 aromatic carbocycles. The lowest BCUT2D eigenvalue weighted by Crippen LogP contribution is -2.34. The summed E-state index contributed by atoms with van der Waals surface area (Å²) in [5.74, 6) is 0.294. The summed E-state index contributed by atoms with van der Waals surface area (Å²) < 4.78 is 15.1. The summed E-state index contributed by atoms with van der Waals surface area (Å²) in [6, 6.07) is 3.78. The van der Waals surface area contributed by atoms with Crippen LogP contribution in [0.5, 0.6) is 0 Å². The molecule has 0 bridgehead atoms. The molecule has 0 aliphatic carbocycles. The molecule has 1 aliphatic rings. The highest BCUT2D eigenvalue weighted by atomic mass is 19.1. The van der Waals surface area contributed by atoms with Gasteiger partial charge in [-0.25, -0.2) is 4.39 Å². The first-order valence-corrected chi connectivity index (χ1v) is 6.83. The van der Waals surface area contributed by atoms with Crippen LogP contribution in [0.15, 0.2) is 30.7 Å². The van der Waals surface area contributed by atoms with E-state index in [0.29, 0.717) is 11.9 Å². The van der Waals surface area contributed by atoms with E-state index in [4.69, 9.17) is 5.73 Å². The smallest absolute Gasteiger partial charge is 0.145 e. The quantitative estimate of drug-likeness (QED) is 0.928. The number of nitrogens with zero attached hydrogens (tertiary/aromatic N) is 4. The summed E-state index contributed by atoms with van der Waals surface area (Å²) in [5.41, 5.74) is 6.57. The fourth-order valence-electron chi connectivity index (χ4n) is 2.70. The molecule has 2 aromatic rings. The van der Waals surface area contributed by atoms with Crippen LogP contribution in [0.1, 0.15) is 24.4 Å². The van der Waals surface area contributed by atoms with Gasteiger partial charge in [-0.2, -0.15) is 5.10 Å². The van der Waals surface area contributed by atoms with Crippen LogP contribution in [-0.2, 0) is 6.54 Å². The van der Waals surface area contributed by atoms with Gasteiger partial charge in [-0.1, -0.05) is 0 Å². The molecule has 0 unspecified atom stereocenters. The number of nitrogens with two attached hydrogens (primary N) is 1. The highest BCUT2D eigenvalue weighted by molar-refractivity contribution is 5.24. The maximum absolute atomic E-state index is 13.1. The number of nitrogen functional groups attached to an aromatic ring is 1. The standard InChI is InChI=1S/C14H18FN5/c15-12-7-11(8-17-9-12)10-19-4-1-13(2-5-19)20-6-3-14(16)18-20/h3,6-9,13H,1-2,4-5,10H2,(H2,16,18). The Morgan fingerprint density at radius 2 is 2.10 bits per heavy atom. The average molecular weight is 275 g/mol. The zero-order valence-electron chi connectivity index (χ0n) is 11.2. The van der Waals surface area contributed by atoms with Crippen LogP contribution in [0, 0.1) is 5.82 Å². The van der Waals surface area contributed by atoms with Gasteiger partial charge in [0.2, 0.25) is 0 Å². The van der Waals surface area contributed by atoms with Crippen LogP contribution in [0.2, 0.25) is 0 Å². The number of hydrogen-bond donors (Lipinski definition) is 1. The lowest BCUT2D eigenvalue weighted by atomic mass is 10.0. The van der Waals surface area contributed by atoms with Crippen LogP contribution >= 0.6 is 0 Å². The minimum Gasteiger partial charge on any atom is -0.382 e. The SMILES string of the molecule is Nc1ccn(C2CCN(Cc3cncc(F)c3)CC2)n1. The van der Waals surface area contributed by atoms with E-state index < -0.39 is 0 Å². The second-order valence-corrected chi connectivity index (χ2v) is 5.24. The molecule has 106 valence electrons. The minimum absolute atomic E-state index is 0.274. The van der Waals surface area contributed by atoms with Crippen molar-refractivity contribution in [2.75, 3.05) is 18.8 Å². The summed E-state index contributed by atoms with van der Waals surface area (Å²) in [5, 5.41) is 4.27. The van der Waals surface area contributed by atoms with Crippen molar-refractivity contribution in [2.45, 2.75) is 25.4 Å². The Labute approximate surface area is 117 Å². The van der Waals surface area contributed by atoms with Gasteiger partial charge in [0.25, 0.3) is 0 Å². The lowest BCUT2D eigenvalue weighted by Gasteiger charge is -2.31. The van der Waals surface area contributed by atoms with Gasteiger partial charge in [0.15, 0.2) is 0 Å². The highest BCUT2D eigenvalue weighted by Crippen LogP contribution is 2.23. The third-order valence-corrected chi connectivity index (χ3v) is 3.73. The van der Waals surface area contributed by atoms with Crippen molar-refractivity contribution in [3.05, 3.63) is 42.1 Å². The molecule has 5 nitrogen and oxygen atoms in total. The van der Waals surface area contributed by atoms with E-state index in [1.165, 1.54) is 6.20 Å². The van der Waals surface area contributed by atoms with E-state index >= 15 is 0 Å². The van der Waals surface area contributed by atoms with E-state index in [2.05, 4.69) is 15.0 Å². The summed E-state index contributed by atoms with van der Waals surface area (Å²) in [6.45, 7) is 2.70. The van der Waals surface area contributed by atoms with Gasteiger partial charge in [-0.05, 0) is 30.5 Å². The number of anilines is 1. The highest BCUT2D eigenvalue weighted by Gasteiger charge is 2.21. The van der Waals surface area contributed by atoms with Crippen molar-refractivity contribution >= 4 is 5.82 Å². The molecule has 20 heavy (non-hydrogen) atoms. The van der Waals surface area contributed by atoms with Gasteiger partial charge in [-0.15, -0.1) is 0 Å². The van der Waals surface area contributed by atoms with Crippen molar-refractivity contribution < 1.29 is 4.39 Å². The lowest BCUT2D eigenvalue weighted by molar-refractivity contribution is 0.173. The Balaban J connectivity index is 1.56. The number of hydrogen-bond acceptors (Lipinski definition) is 4. The van der Waals surface area contributed by atoms with Gasteiger partial charge < -0.3 is 5.73 Å². The Kier molecular flexibility index (Phi) is 3.64. The summed E-state index contributed by atoms with van der Waals surface area (Å²) >= 11 is 0. The van der Waals surface area contributed by atoms with E-state index in [0.717, 1.165) is 38.0 Å². The molecule has 6 heteroatoms. The summed E-state index contributed by atoms with van der Waals surface area (Å²) in [4.78, 5) is 6.20. The second-order valence-electron chi connectivity index (χ2n) is 5.24. The third-order valence-electron chi connectivity index (χ3n) is 3.73. The molecule has 1 saturated heterocycles. The molecule has 3 heterocycles. The van der Waals surface area contributed by atoms with Gasteiger partial charge in [0.05, 0.1) is 12.2 Å². The molecule has 1 aliphatic heterocycles. The van der Waals surface area contributed by atoms with Crippen LogP contribution in [-0.4, -0.2) is 32.8 Å². The Bertz CT molecular complexity index is 574. The molecular formula is C14H18FN5. The largest absolute Gasteiger partial charge is 0.382 e. The zero-order chi connectivity index (χ0) is 13.9. The second kappa shape index (κ2) is 5.58. The zero-order valence-corrected chi connectivity index (χ0v) is 11.2. The predicted molar refractivity (Wildman–Crippen MR) is 74.4 cm³/mol. The van der Waals surface area contributed by atoms with Crippen LogP contribution < -0.4 is 5.73 Å². The molecule has 1 fully saturated rings. The third kappa shape index (κ3) is 2.96. The minimum atomic E-state index is -0.274. The van der Waals surface area contributed by atoms with E-state index in [-0.39, 0.29) is 5.82 Å². The monoisotopic (exact) mass is 275 g/mol. The van der Waals surface area contributed by atoms with Crippen LogP contribution in [0.3, 0.4) is 0 Å². The number of pyridine rings is 1. The first kappa shape index (κ1) is 13.1.